The predicted molar refractivity (Wildman–Crippen MR) is 115 cm³/mol. The van der Waals surface area contributed by atoms with Crippen molar-refractivity contribution in [3.05, 3.63) is 61.9 Å². The number of nitrogens with one attached hydrogen (secondary N) is 1. The van der Waals surface area contributed by atoms with E-state index in [-0.39, 0.29) is 18.5 Å². The van der Waals surface area contributed by atoms with E-state index in [0.29, 0.717) is 51.8 Å². The molecule has 3 heterocycles. The zero-order chi connectivity index (χ0) is 21.3. The Hall–Kier alpha value is -2.14. The average Bonchev–Trinajstić information content (AvgIpc) is 3.21. The number of thiazole rings is 1. The van der Waals surface area contributed by atoms with E-state index in [1.807, 2.05) is 10.3 Å². The SMILES string of the molecule is CCOC(=O)C1=C(CN2CC(O)C2)NC(c2nccs2)=N[C@H]1c1ccc(F)cc1Br. The minimum Gasteiger partial charge on any atom is -0.463 e. The molecule has 2 aliphatic heterocycles. The summed E-state index contributed by atoms with van der Waals surface area (Å²) >= 11 is 4.84. The maximum atomic E-state index is 13.7. The Balaban J connectivity index is 1.81. The first kappa shape index (κ1) is 21.1. The number of aromatic nitrogens is 1. The van der Waals surface area contributed by atoms with Crippen LogP contribution in [0.25, 0.3) is 0 Å². The molecule has 2 aromatic rings. The molecule has 2 N–H and O–H groups in total. The number of halogens is 2. The van der Waals surface area contributed by atoms with Crippen molar-refractivity contribution in [3.8, 4) is 0 Å². The summed E-state index contributed by atoms with van der Waals surface area (Å²) in [6.07, 6.45) is 1.32. The number of hydrogen-bond acceptors (Lipinski definition) is 8. The van der Waals surface area contributed by atoms with Crippen LogP contribution < -0.4 is 5.32 Å². The number of ether oxygens (including phenoxy) is 1. The number of β-amino-alcohol motifs (C(OH)–C–C–N with tert-alkyl or cyclic N) is 1. The number of aliphatic hydroxyl groups excluding tert-OH is 1. The molecule has 1 saturated heterocycles. The zero-order valence-electron chi connectivity index (χ0n) is 16.1. The van der Waals surface area contributed by atoms with Crippen LogP contribution in [0.15, 0.2) is 50.5 Å². The Morgan fingerprint density at radius 3 is 2.90 bits per heavy atom. The lowest BCUT2D eigenvalue weighted by atomic mass is 9.95. The molecule has 1 aromatic carbocycles. The van der Waals surface area contributed by atoms with Crippen LogP contribution in [0.4, 0.5) is 4.39 Å². The molecule has 0 radical (unpaired) electrons. The van der Waals surface area contributed by atoms with E-state index in [9.17, 15) is 14.3 Å². The Bertz CT molecular complexity index is 1010. The van der Waals surface area contributed by atoms with Crippen molar-refractivity contribution in [2.24, 2.45) is 4.99 Å². The number of rotatable bonds is 6. The van der Waals surface area contributed by atoms with E-state index in [4.69, 9.17) is 9.73 Å². The van der Waals surface area contributed by atoms with Gasteiger partial charge in [0.25, 0.3) is 0 Å². The quantitative estimate of drug-likeness (QED) is 0.600. The van der Waals surface area contributed by atoms with Crippen LogP contribution in [-0.4, -0.2) is 59.1 Å². The molecular weight excluding hydrogens is 475 g/mol. The molecule has 7 nitrogen and oxygen atoms in total. The fourth-order valence-electron chi connectivity index (χ4n) is 3.46. The molecule has 2 aliphatic rings. The van der Waals surface area contributed by atoms with Gasteiger partial charge in [0.2, 0.25) is 0 Å². The summed E-state index contributed by atoms with van der Waals surface area (Å²) in [6, 6.07) is 3.61. The van der Waals surface area contributed by atoms with Crippen molar-refractivity contribution in [2.75, 3.05) is 26.2 Å². The Morgan fingerprint density at radius 1 is 1.47 bits per heavy atom. The minimum absolute atomic E-state index is 0.221. The van der Waals surface area contributed by atoms with Crippen LogP contribution in [0.3, 0.4) is 0 Å². The first-order chi connectivity index (χ1) is 14.5. The maximum Gasteiger partial charge on any atom is 0.338 e. The van der Waals surface area contributed by atoms with Gasteiger partial charge < -0.3 is 15.2 Å². The molecule has 0 spiro atoms. The van der Waals surface area contributed by atoms with E-state index in [1.165, 1.54) is 23.5 Å². The van der Waals surface area contributed by atoms with Gasteiger partial charge in [-0.3, -0.25) is 9.89 Å². The fourth-order valence-corrected chi connectivity index (χ4v) is 4.62. The number of amidine groups is 1. The number of benzene rings is 1. The second-order valence-corrected chi connectivity index (χ2v) is 8.72. The largest absolute Gasteiger partial charge is 0.463 e. The first-order valence-electron chi connectivity index (χ1n) is 9.46. The Morgan fingerprint density at radius 2 is 2.27 bits per heavy atom. The number of carbonyl (C=O) groups is 1. The van der Waals surface area contributed by atoms with Gasteiger partial charge in [-0.1, -0.05) is 22.0 Å². The second kappa shape index (κ2) is 8.93. The summed E-state index contributed by atoms with van der Waals surface area (Å²) < 4.78 is 19.6. The van der Waals surface area contributed by atoms with Gasteiger partial charge in [-0.25, -0.2) is 14.2 Å². The van der Waals surface area contributed by atoms with Crippen molar-refractivity contribution in [2.45, 2.75) is 19.1 Å². The van der Waals surface area contributed by atoms with Gasteiger partial charge in [0.05, 0.1) is 18.3 Å². The van der Waals surface area contributed by atoms with Crippen molar-refractivity contribution in [3.63, 3.8) is 0 Å². The van der Waals surface area contributed by atoms with Gasteiger partial charge in [0.15, 0.2) is 10.8 Å². The van der Waals surface area contributed by atoms with Crippen LogP contribution in [0.5, 0.6) is 0 Å². The van der Waals surface area contributed by atoms with E-state index in [0.717, 1.165) is 0 Å². The number of carbonyl (C=O) groups excluding carboxylic acids is 1. The van der Waals surface area contributed by atoms with Crippen molar-refractivity contribution < 1.29 is 19.0 Å². The van der Waals surface area contributed by atoms with Crippen LogP contribution in [0.1, 0.15) is 23.5 Å². The smallest absolute Gasteiger partial charge is 0.338 e. The molecule has 30 heavy (non-hydrogen) atoms. The number of aliphatic imine (C=N–C) groups is 1. The number of esters is 1. The standard InChI is InChI=1S/C20H20BrFN4O3S/c1-2-29-20(28)16-15(10-26-8-12(27)9-26)24-18(19-23-5-6-30-19)25-17(16)13-4-3-11(22)7-14(13)21/h3-7,12,17,27H,2,8-10H2,1H3,(H,24,25)/t17-/m0/s1. The molecule has 1 atom stereocenters. The van der Waals surface area contributed by atoms with Crippen molar-refractivity contribution in [1.29, 1.82) is 0 Å². The predicted octanol–water partition coefficient (Wildman–Crippen LogP) is 2.63. The lowest BCUT2D eigenvalue weighted by molar-refractivity contribution is -0.139. The molecule has 0 unspecified atom stereocenters. The molecule has 158 valence electrons. The van der Waals surface area contributed by atoms with Crippen LogP contribution in [-0.2, 0) is 9.53 Å². The second-order valence-electron chi connectivity index (χ2n) is 6.97. The highest BCUT2D eigenvalue weighted by Gasteiger charge is 2.36. The van der Waals surface area contributed by atoms with Gasteiger partial charge in [0.1, 0.15) is 11.9 Å². The zero-order valence-corrected chi connectivity index (χ0v) is 18.5. The highest BCUT2D eigenvalue weighted by atomic mass is 79.9. The molecule has 10 heteroatoms. The minimum atomic E-state index is -0.694. The third-order valence-electron chi connectivity index (χ3n) is 4.83. The maximum absolute atomic E-state index is 13.7. The Kier molecular flexibility index (Phi) is 6.28. The highest BCUT2D eigenvalue weighted by molar-refractivity contribution is 9.10. The third-order valence-corrected chi connectivity index (χ3v) is 6.30. The summed E-state index contributed by atoms with van der Waals surface area (Å²) in [5.74, 6) is -0.334. The molecule has 1 fully saturated rings. The number of likely N-dealkylation sites (tertiary alicyclic amines) is 1. The summed E-state index contributed by atoms with van der Waals surface area (Å²) in [5.41, 5.74) is 1.66. The summed E-state index contributed by atoms with van der Waals surface area (Å²) in [6.45, 7) is 3.43. The lowest BCUT2D eigenvalue weighted by Crippen LogP contribution is -2.53. The van der Waals surface area contributed by atoms with Crippen LogP contribution in [0.2, 0.25) is 0 Å². The van der Waals surface area contributed by atoms with E-state index in [2.05, 4.69) is 26.2 Å². The van der Waals surface area contributed by atoms with Crippen molar-refractivity contribution >= 4 is 39.1 Å². The van der Waals surface area contributed by atoms with Gasteiger partial charge in [-0.2, -0.15) is 0 Å². The highest BCUT2D eigenvalue weighted by Crippen LogP contribution is 2.37. The lowest BCUT2D eigenvalue weighted by Gasteiger charge is -2.38. The Labute approximate surface area is 185 Å². The summed E-state index contributed by atoms with van der Waals surface area (Å²) in [7, 11) is 0. The van der Waals surface area contributed by atoms with E-state index < -0.39 is 12.0 Å². The van der Waals surface area contributed by atoms with Gasteiger partial charge in [0, 0.05) is 41.4 Å². The van der Waals surface area contributed by atoms with Gasteiger partial charge in [-0.15, -0.1) is 11.3 Å². The van der Waals surface area contributed by atoms with E-state index >= 15 is 0 Å². The molecule has 0 amide bonds. The number of hydrogen-bond donors (Lipinski definition) is 2. The van der Waals surface area contributed by atoms with E-state index in [1.54, 1.807) is 19.2 Å². The first-order valence-corrected chi connectivity index (χ1v) is 11.1. The van der Waals surface area contributed by atoms with Gasteiger partial charge in [-0.05, 0) is 24.6 Å². The molecule has 4 rings (SSSR count). The molecular formula is C20H20BrFN4O3S. The topological polar surface area (TPSA) is 87.0 Å². The summed E-state index contributed by atoms with van der Waals surface area (Å²) in [4.78, 5) is 24.1. The monoisotopic (exact) mass is 494 g/mol. The number of nitrogens with zero attached hydrogens (tertiary/aromatic N) is 3. The third kappa shape index (κ3) is 4.31. The summed E-state index contributed by atoms with van der Waals surface area (Å²) in [5, 5.41) is 15.4. The van der Waals surface area contributed by atoms with Crippen molar-refractivity contribution in [1.82, 2.24) is 15.2 Å². The van der Waals surface area contributed by atoms with Crippen LogP contribution in [0, 0.1) is 5.82 Å². The molecule has 1 aromatic heterocycles. The normalized spacial score (nSPS) is 19.9. The fraction of sp³-hybridized carbons (Fsp3) is 0.350. The number of aliphatic hydroxyl groups is 1. The molecule has 0 saturated carbocycles. The van der Waals surface area contributed by atoms with Gasteiger partial charge >= 0.3 is 5.97 Å². The average molecular weight is 495 g/mol. The molecule has 0 aliphatic carbocycles. The van der Waals surface area contributed by atoms with Crippen LogP contribution >= 0.6 is 27.3 Å². The molecule has 0 bridgehead atoms.